The number of hydrogen-bond acceptors (Lipinski definition) is 1. The summed E-state index contributed by atoms with van der Waals surface area (Å²) in [5, 5.41) is 2.52. The van der Waals surface area contributed by atoms with Crippen molar-refractivity contribution in [2.24, 2.45) is 0 Å². The van der Waals surface area contributed by atoms with Gasteiger partial charge in [-0.3, -0.25) is 4.98 Å². The number of nitrogens with zero attached hydrogens (tertiary/aromatic N) is 1. The van der Waals surface area contributed by atoms with Crippen LogP contribution in [0.25, 0.3) is 22.0 Å². The van der Waals surface area contributed by atoms with E-state index >= 15 is 0 Å². The van der Waals surface area contributed by atoms with Crippen molar-refractivity contribution in [2.45, 2.75) is 18.8 Å². The molecular formula is C19H17FNP. The van der Waals surface area contributed by atoms with E-state index in [4.69, 9.17) is 4.98 Å². The molecule has 0 radical (unpaired) electrons. The zero-order valence-corrected chi connectivity index (χ0v) is 13.4. The first kappa shape index (κ1) is 13.8. The Hall–Kier alpha value is -1.79. The Bertz CT molecular complexity index is 838. The quantitative estimate of drug-likeness (QED) is 0.630. The molecule has 3 heteroatoms. The van der Waals surface area contributed by atoms with Crippen LogP contribution in [0, 0.1) is 5.82 Å². The molecule has 1 atom stereocenters. The zero-order valence-electron chi connectivity index (χ0n) is 12.4. The van der Waals surface area contributed by atoms with Crippen LogP contribution in [0.1, 0.15) is 24.5 Å². The van der Waals surface area contributed by atoms with Crippen LogP contribution in [-0.4, -0.2) is 11.6 Å². The van der Waals surface area contributed by atoms with Crippen LogP contribution in [0.4, 0.5) is 4.39 Å². The summed E-state index contributed by atoms with van der Waals surface area (Å²) < 4.78 is 13.3. The van der Waals surface area contributed by atoms with Gasteiger partial charge in [0.15, 0.2) is 0 Å². The number of benzene rings is 2. The highest BCUT2D eigenvalue weighted by molar-refractivity contribution is 7.46. The molecule has 0 saturated heterocycles. The third-order valence-corrected chi connectivity index (χ3v) is 5.27. The summed E-state index contributed by atoms with van der Waals surface area (Å²) in [5.74, 6) is 0.427. The van der Waals surface area contributed by atoms with Crippen LogP contribution in [0.15, 0.2) is 48.5 Å². The Labute approximate surface area is 131 Å². The van der Waals surface area contributed by atoms with E-state index in [1.807, 2.05) is 18.2 Å². The van der Waals surface area contributed by atoms with Crippen molar-refractivity contribution < 1.29 is 4.39 Å². The van der Waals surface area contributed by atoms with Gasteiger partial charge in [0.05, 0.1) is 11.2 Å². The molecule has 1 aliphatic carbocycles. The molecule has 3 aromatic rings. The van der Waals surface area contributed by atoms with Gasteiger partial charge in [-0.05, 0) is 43.3 Å². The van der Waals surface area contributed by atoms with Gasteiger partial charge >= 0.3 is 0 Å². The Morgan fingerprint density at radius 1 is 1.05 bits per heavy atom. The molecule has 1 nitrogen and oxygen atoms in total. The van der Waals surface area contributed by atoms with Crippen molar-refractivity contribution in [1.82, 2.24) is 4.98 Å². The molecule has 0 spiro atoms. The lowest BCUT2D eigenvalue weighted by Crippen LogP contribution is -2.11. The maximum absolute atomic E-state index is 13.3. The Morgan fingerprint density at radius 2 is 1.77 bits per heavy atom. The third-order valence-electron chi connectivity index (χ3n) is 4.27. The standard InChI is InChI=1S/C19H17FNP/c1-22-19-17(12-8-10-14(20)11-9-12)15-4-2-3-5-16(15)21-18(19)13-6-7-13/h2-5,8-11,13,22H,6-7H2,1H3. The molecule has 22 heavy (non-hydrogen) atoms. The lowest BCUT2D eigenvalue weighted by Gasteiger charge is -2.16. The van der Waals surface area contributed by atoms with Crippen LogP contribution in [-0.2, 0) is 0 Å². The fraction of sp³-hybridized carbons (Fsp3) is 0.211. The Morgan fingerprint density at radius 3 is 2.45 bits per heavy atom. The van der Waals surface area contributed by atoms with E-state index in [2.05, 4.69) is 24.9 Å². The summed E-state index contributed by atoms with van der Waals surface area (Å²) in [7, 11) is 0.690. The monoisotopic (exact) mass is 309 g/mol. The molecule has 0 aliphatic heterocycles. The Balaban J connectivity index is 2.06. The maximum Gasteiger partial charge on any atom is 0.123 e. The van der Waals surface area contributed by atoms with Gasteiger partial charge < -0.3 is 0 Å². The van der Waals surface area contributed by atoms with Gasteiger partial charge in [0.25, 0.3) is 0 Å². The van der Waals surface area contributed by atoms with E-state index in [1.54, 1.807) is 12.1 Å². The van der Waals surface area contributed by atoms with Crippen LogP contribution in [0.5, 0.6) is 0 Å². The first-order valence-corrected chi connectivity index (χ1v) is 9.14. The van der Waals surface area contributed by atoms with E-state index in [0.29, 0.717) is 14.5 Å². The minimum absolute atomic E-state index is 0.190. The smallest absolute Gasteiger partial charge is 0.123 e. The third kappa shape index (κ3) is 2.32. The normalized spacial score (nSPS) is 15.0. The van der Waals surface area contributed by atoms with Gasteiger partial charge in [0, 0.05) is 22.2 Å². The SMILES string of the molecule is CPc1c(C2CC2)nc2ccccc2c1-c1ccc(F)cc1. The number of pyridine rings is 1. The van der Waals surface area contributed by atoms with Crippen LogP contribution in [0.2, 0.25) is 0 Å². The van der Waals surface area contributed by atoms with E-state index < -0.39 is 0 Å². The highest BCUT2D eigenvalue weighted by atomic mass is 31.1. The molecule has 110 valence electrons. The topological polar surface area (TPSA) is 12.9 Å². The van der Waals surface area contributed by atoms with E-state index in [0.717, 1.165) is 11.1 Å². The lowest BCUT2D eigenvalue weighted by atomic mass is 9.99. The molecule has 0 amide bonds. The van der Waals surface area contributed by atoms with Crippen LogP contribution in [0.3, 0.4) is 0 Å². The predicted molar refractivity (Wildman–Crippen MR) is 93.0 cm³/mol. The molecule has 1 aromatic heterocycles. The predicted octanol–water partition coefficient (Wildman–Crippen LogP) is 4.85. The molecule has 4 rings (SSSR count). The van der Waals surface area contributed by atoms with Gasteiger partial charge in [-0.25, -0.2) is 4.39 Å². The van der Waals surface area contributed by atoms with Crippen molar-refractivity contribution in [3.63, 3.8) is 0 Å². The molecule has 1 heterocycles. The second-order valence-electron chi connectivity index (χ2n) is 5.80. The number of aromatic nitrogens is 1. The minimum Gasteiger partial charge on any atom is -0.252 e. The van der Waals surface area contributed by atoms with Crippen LogP contribution < -0.4 is 5.30 Å². The second-order valence-corrected chi connectivity index (χ2v) is 6.80. The van der Waals surface area contributed by atoms with Gasteiger partial charge in [-0.15, -0.1) is 0 Å². The lowest BCUT2D eigenvalue weighted by molar-refractivity contribution is 0.628. The second kappa shape index (κ2) is 5.44. The molecule has 0 bridgehead atoms. The molecule has 1 unspecified atom stereocenters. The highest BCUT2D eigenvalue weighted by Gasteiger charge is 2.29. The first-order chi connectivity index (χ1) is 10.8. The summed E-state index contributed by atoms with van der Waals surface area (Å²) in [6.07, 6.45) is 2.48. The molecule has 1 aliphatic rings. The number of halogens is 1. The summed E-state index contributed by atoms with van der Waals surface area (Å²) in [6.45, 7) is 2.21. The van der Waals surface area contributed by atoms with Crippen molar-refractivity contribution in [3.05, 3.63) is 60.0 Å². The van der Waals surface area contributed by atoms with Crippen LogP contribution >= 0.6 is 8.58 Å². The van der Waals surface area contributed by atoms with Crippen molar-refractivity contribution in [2.75, 3.05) is 6.66 Å². The summed E-state index contributed by atoms with van der Waals surface area (Å²) in [5.41, 5.74) is 4.64. The van der Waals surface area contributed by atoms with E-state index in [-0.39, 0.29) is 5.82 Å². The van der Waals surface area contributed by atoms with E-state index in [1.165, 1.54) is 34.8 Å². The molecular weight excluding hydrogens is 292 g/mol. The van der Waals surface area contributed by atoms with E-state index in [9.17, 15) is 4.39 Å². The van der Waals surface area contributed by atoms with Gasteiger partial charge in [0.2, 0.25) is 0 Å². The zero-order chi connectivity index (χ0) is 15.1. The number of hydrogen-bond donors (Lipinski definition) is 0. The maximum atomic E-state index is 13.3. The average Bonchev–Trinajstić information content (AvgIpc) is 3.39. The fourth-order valence-electron chi connectivity index (χ4n) is 3.05. The number of para-hydroxylation sites is 1. The van der Waals surface area contributed by atoms with Gasteiger partial charge in [-0.1, -0.05) is 38.9 Å². The summed E-state index contributed by atoms with van der Waals surface area (Å²) in [4.78, 5) is 4.94. The largest absolute Gasteiger partial charge is 0.252 e. The fourth-order valence-corrected chi connectivity index (χ4v) is 4.10. The summed E-state index contributed by atoms with van der Waals surface area (Å²) >= 11 is 0. The molecule has 2 aromatic carbocycles. The Kier molecular flexibility index (Phi) is 3.43. The number of fused-ring (bicyclic) bond motifs is 1. The average molecular weight is 309 g/mol. The molecule has 1 saturated carbocycles. The van der Waals surface area contributed by atoms with Gasteiger partial charge in [0.1, 0.15) is 5.82 Å². The highest BCUT2D eigenvalue weighted by Crippen LogP contribution is 2.42. The van der Waals surface area contributed by atoms with Gasteiger partial charge in [-0.2, -0.15) is 0 Å². The first-order valence-electron chi connectivity index (χ1n) is 7.64. The van der Waals surface area contributed by atoms with Crippen molar-refractivity contribution >= 4 is 24.8 Å². The summed E-state index contributed by atoms with van der Waals surface area (Å²) in [6, 6.07) is 15.2. The molecule has 0 N–H and O–H groups in total. The molecule has 1 fully saturated rings. The number of rotatable bonds is 3. The minimum atomic E-state index is -0.190. The van der Waals surface area contributed by atoms with Crippen molar-refractivity contribution in [3.8, 4) is 11.1 Å². The van der Waals surface area contributed by atoms with Crippen molar-refractivity contribution in [1.29, 1.82) is 0 Å².